The van der Waals surface area contributed by atoms with Crippen LogP contribution in [-0.2, 0) is 0 Å². The summed E-state index contributed by atoms with van der Waals surface area (Å²) in [5, 5.41) is 7.36. The van der Waals surface area contributed by atoms with Gasteiger partial charge in [-0.3, -0.25) is 9.78 Å². The van der Waals surface area contributed by atoms with Crippen LogP contribution in [0.5, 0.6) is 5.75 Å². The van der Waals surface area contributed by atoms with Crippen molar-refractivity contribution in [2.75, 3.05) is 20.2 Å². The number of nitrogens with zero attached hydrogens (tertiary/aromatic N) is 1. The number of rotatable bonds is 3. The van der Waals surface area contributed by atoms with Gasteiger partial charge in [0.1, 0.15) is 5.75 Å². The third kappa shape index (κ3) is 3.04. The van der Waals surface area contributed by atoms with E-state index in [2.05, 4.69) is 15.6 Å². The standard InChI is InChI=1S/C17H21N3O2/c1-11-15(17(21)20-13-5-7-18-8-6-13)9-12-3-4-14(22-2)10-16(12)19-11/h3-4,9-10,13,18H,5-8H2,1-2H3,(H,20,21). The molecule has 1 aliphatic heterocycles. The molecule has 5 heteroatoms. The van der Waals surface area contributed by atoms with Gasteiger partial charge in [0.05, 0.1) is 23.9 Å². The van der Waals surface area contributed by atoms with Crippen LogP contribution in [0, 0.1) is 6.92 Å². The molecule has 0 atom stereocenters. The molecule has 1 fully saturated rings. The highest BCUT2D eigenvalue weighted by Crippen LogP contribution is 2.22. The second kappa shape index (κ2) is 6.32. The van der Waals surface area contributed by atoms with Crippen molar-refractivity contribution in [2.45, 2.75) is 25.8 Å². The first kappa shape index (κ1) is 14.8. The lowest BCUT2D eigenvalue weighted by Crippen LogP contribution is -2.42. The van der Waals surface area contributed by atoms with E-state index in [1.54, 1.807) is 7.11 Å². The maximum absolute atomic E-state index is 12.5. The predicted molar refractivity (Wildman–Crippen MR) is 86.4 cm³/mol. The summed E-state index contributed by atoms with van der Waals surface area (Å²) in [5.41, 5.74) is 2.23. The van der Waals surface area contributed by atoms with Crippen molar-refractivity contribution >= 4 is 16.8 Å². The molecule has 1 saturated heterocycles. The first-order valence-corrected chi connectivity index (χ1v) is 7.64. The summed E-state index contributed by atoms with van der Waals surface area (Å²) in [6, 6.07) is 7.86. The van der Waals surface area contributed by atoms with Crippen LogP contribution in [0.15, 0.2) is 24.3 Å². The fourth-order valence-corrected chi connectivity index (χ4v) is 2.83. The number of aryl methyl sites for hydroxylation is 1. The van der Waals surface area contributed by atoms with E-state index >= 15 is 0 Å². The highest BCUT2D eigenvalue weighted by molar-refractivity contribution is 5.98. The van der Waals surface area contributed by atoms with Gasteiger partial charge < -0.3 is 15.4 Å². The number of methoxy groups -OCH3 is 1. The number of benzene rings is 1. The van der Waals surface area contributed by atoms with Crippen LogP contribution in [0.1, 0.15) is 28.9 Å². The largest absolute Gasteiger partial charge is 0.497 e. The first-order valence-electron chi connectivity index (χ1n) is 7.64. The summed E-state index contributed by atoms with van der Waals surface area (Å²) in [6.07, 6.45) is 1.95. The Bertz CT molecular complexity index is 694. The molecule has 1 aromatic carbocycles. The molecule has 0 saturated carbocycles. The molecular formula is C17H21N3O2. The Labute approximate surface area is 130 Å². The molecule has 1 amide bonds. The van der Waals surface area contributed by atoms with E-state index in [0.29, 0.717) is 5.56 Å². The lowest BCUT2D eigenvalue weighted by Gasteiger charge is -2.24. The molecule has 0 spiro atoms. The molecule has 0 aliphatic carbocycles. The molecule has 0 radical (unpaired) electrons. The number of hydrogen-bond acceptors (Lipinski definition) is 4. The van der Waals surface area contributed by atoms with Gasteiger partial charge in [-0.15, -0.1) is 0 Å². The highest BCUT2D eigenvalue weighted by Gasteiger charge is 2.18. The molecule has 0 bridgehead atoms. The molecule has 22 heavy (non-hydrogen) atoms. The van der Waals surface area contributed by atoms with Gasteiger partial charge in [0.15, 0.2) is 0 Å². The summed E-state index contributed by atoms with van der Waals surface area (Å²) >= 11 is 0. The van der Waals surface area contributed by atoms with Crippen LogP contribution < -0.4 is 15.4 Å². The average molecular weight is 299 g/mol. The van der Waals surface area contributed by atoms with E-state index in [4.69, 9.17) is 4.74 Å². The Balaban J connectivity index is 1.86. The Hall–Kier alpha value is -2.14. The molecule has 2 aromatic rings. The normalized spacial score (nSPS) is 15.7. The minimum Gasteiger partial charge on any atom is -0.497 e. The van der Waals surface area contributed by atoms with Crippen LogP contribution in [0.3, 0.4) is 0 Å². The van der Waals surface area contributed by atoms with Crippen molar-refractivity contribution in [2.24, 2.45) is 0 Å². The van der Waals surface area contributed by atoms with E-state index in [-0.39, 0.29) is 11.9 Å². The number of fused-ring (bicyclic) bond motifs is 1. The third-order valence-corrected chi connectivity index (χ3v) is 4.13. The SMILES string of the molecule is COc1ccc2cc(C(=O)NC3CCNCC3)c(C)nc2c1. The van der Waals surface area contributed by atoms with Gasteiger partial charge in [0.25, 0.3) is 5.91 Å². The molecule has 116 valence electrons. The molecule has 5 nitrogen and oxygen atoms in total. The van der Waals surface area contributed by atoms with Crippen molar-refractivity contribution < 1.29 is 9.53 Å². The zero-order valence-corrected chi connectivity index (χ0v) is 13.0. The Morgan fingerprint density at radius 2 is 2.09 bits per heavy atom. The summed E-state index contributed by atoms with van der Waals surface area (Å²) in [5.74, 6) is 0.737. The van der Waals surface area contributed by atoms with Gasteiger partial charge in [-0.2, -0.15) is 0 Å². The highest BCUT2D eigenvalue weighted by atomic mass is 16.5. The van der Waals surface area contributed by atoms with Crippen LogP contribution >= 0.6 is 0 Å². The lowest BCUT2D eigenvalue weighted by molar-refractivity contribution is 0.0928. The fraction of sp³-hybridized carbons (Fsp3) is 0.412. The second-order valence-electron chi connectivity index (χ2n) is 5.68. The van der Waals surface area contributed by atoms with Crippen LogP contribution in [0.4, 0.5) is 0 Å². The Morgan fingerprint density at radius 3 is 2.82 bits per heavy atom. The molecule has 3 rings (SSSR count). The molecular weight excluding hydrogens is 278 g/mol. The van der Waals surface area contributed by atoms with Crippen LogP contribution in [0.2, 0.25) is 0 Å². The molecule has 2 N–H and O–H groups in total. The van der Waals surface area contributed by atoms with E-state index in [0.717, 1.165) is 48.3 Å². The van der Waals surface area contributed by atoms with Crippen molar-refractivity contribution in [3.05, 3.63) is 35.5 Å². The Morgan fingerprint density at radius 1 is 1.32 bits per heavy atom. The smallest absolute Gasteiger partial charge is 0.253 e. The monoisotopic (exact) mass is 299 g/mol. The maximum Gasteiger partial charge on any atom is 0.253 e. The Kier molecular flexibility index (Phi) is 4.24. The minimum atomic E-state index is -0.0328. The summed E-state index contributed by atoms with van der Waals surface area (Å²) < 4.78 is 5.22. The fourth-order valence-electron chi connectivity index (χ4n) is 2.83. The van der Waals surface area contributed by atoms with Gasteiger partial charge in [-0.1, -0.05) is 0 Å². The first-order chi connectivity index (χ1) is 10.7. The number of piperidine rings is 1. The minimum absolute atomic E-state index is 0.0328. The quantitative estimate of drug-likeness (QED) is 0.910. The number of carbonyl (C=O) groups is 1. The number of carbonyl (C=O) groups excluding carboxylic acids is 1. The van der Waals surface area contributed by atoms with Crippen LogP contribution in [0.25, 0.3) is 10.9 Å². The topological polar surface area (TPSA) is 63.2 Å². The number of aromatic nitrogens is 1. The summed E-state index contributed by atoms with van der Waals surface area (Å²) in [7, 11) is 1.63. The third-order valence-electron chi connectivity index (χ3n) is 4.13. The van der Waals surface area contributed by atoms with Crippen molar-refractivity contribution in [3.8, 4) is 5.75 Å². The van der Waals surface area contributed by atoms with Crippen molar-refractivity contribution in [3.63, 3.8) is 0 Å². The maximum atomic E-state index is 12.5. The predicted octanol–water partition coefficient (Wildman–Crippen LogP) is 2.03. The van der Waals surface area contributed by atoms with Gasteiger partial charge in [-0.05, 0) is 51.1 Å². The van der Waals surface area contributed by atoms with Gasteiger partial charge in [0.2, 0.25) is 0 Å². The van der Waals surface area contributed by atoms with E-state index in [9.17, 15) is 4.79 Å². The zero-order chi connectivity index (χ0) is 15.5. The number of pyridine rings is 1. The lowest BCUT2D eigenvalue weighted by atomic mass is 10.0. The molecule has 2 heterocycles. The molecule has 1 aromatic heterocycles. The van der Waals surface area contributed by atoms with E-state index in [1.165, 1.54) is 0 Å². The van der Waals surface area contributed by atoms with E-state index in [1.807, 2.05) is 31.2 Å². The van der Waals surface area contributed by atoms with E-state index < -0.39 is 0 Å². The zero-order valence-electron chi connectivity index (χ0n) is 13.0. The number of amides is 1. The summed E-state index contributed by atoms with van der Waals surface area (Å²) in [6.45, 7) is 3.79. The number of nitrogens with one attached hydrogen (secondary N) is 2. The molecule has 1 aliphatic rings. The second-order valence-corrected chi connectivity index (χ2v) is 5.68. The summed E-state index contributed by atoms with van der Waals surface area (Å²) in [4.78, 5) is 17.0. The number of ether oxygens (including phenoxy) is 1. The number of hydrogen-bond donors (Lipinski definition) is 2. The van der Waals surface area contributed by atoms with Gasteiger partial charge >= 0.3 is 0 Å². The average Bonchev–Trinajstić information content (AvgIpc) is 2.54. The van der Waals surface area contributed by atoms with Gasteiger partial charge in [-0.25, -0.2) is 0 Å². The van der Waals surface area contributed by atoms with Gasteiger partial charge in [0, 0.05) is 17.5 Å². The van der Waals surface area contributed by atoms with Crippen molar-refractivity contribution in [1.82, 2.24) is 15.6 Å². The molecule has 0 unspecified atom stereocenters. The van der Waals surface area contributed by atoms with Crippen molar-refractivity contribution in [1.29, 1.82) is 0 Å². The van der Waals surface area contributed by atoms with Crippen LogP contribution in [-0.4, -0.2) is 37.1 Å².